The van der Waals surface area contributed by atoms with Crippen molar-refractivity contribution >= 4 is 16.8 Å². The first-order chi connectivity index (χ1) is 7.82. The Morgan fingerprint density at radius 2 is 1.82 bits per heavy atom. The van der Waals surface area contributed by atoms with E-state index >= 15 is 0 Å². The molecule has 0 unspecified atom stereocenters. The van der Waals surface area contributed by atoms with E-state index in [1.807, 2.05) is 0 Å². The summed E-state index contributed by atoms with van der Waals surface area (Å²) in [6.45, 7) is 0. The highest BCUT2D eigenvalue weighted by molar-refractivity contribution is 6.65. The standard InChI is InChI=1S/C11H10ClF3O2/c1-17-10(9(12)16,7-11(13,14)15)8-5-3-2-4-6-8/h2-6H,7H2,1H3/t10-/m0/s1. The van der Waals surface area contributed by atoms with Crippen molar-refractivity contribution in [2.24, 2.45) is 0 Å². The van der Waals surface area contributed by atoms with Crippen LogP contribution in [0, 0.1) is 0 Å². The molecular weight excluding hydrogens is 257 g/mol. The van der Waals surface area contributed by atoms with Crippen LogP contribution in [0.25, 0.3) is 0 Å². The molecule has 0 aliphatic rings. The van der Waals surface area contributed by atoms with Gasteiger partial charge in [0.2, 0.25) is 0 Å². The number of carbonyl (C=O) groups excluding carboxylic acids is 1. The predicted octanol–water partition coefficient (Wildman–Crippen LogP) is 3.25. The Morgan fingerprint density at radius 3 is 2.18 bits per heavy atom. The summed E-state index contributed by atoms with van der Waals surface area (Å²) in [4.78, 5) is 11.3. The second-order valence-electron chi connectivity index (χ2n) is 3.46. The van der Waals surface area contributed by atoms with Crippen molar-refractivity contribution in [1.29, 1.82) is 0 Å². The van der Waals surface area contributed by atoms with Crippen LogP contribution in [-0.2, 0) is 15.1 Å². The zero-order valence-corrected chi connectivity index (χ0v) is 9.68. The number of hydrogen-bond acceptors (Lipinski definition) is 2. The SMILES string of the molecule is CO[C@](CC(F)(F)F)(C(=O)Cl)c1ccccc1. The van der Waals surface area contributed by atoms with Gasteiger partial charge < -0.3 is 4.74 Å². The molecule has 2 nitrogen and oxygen atoms in total. The van der Waals surface area contributed by atoms with Crippen LogP contribution in [0.4, 0.5) is 13.2 Å². The Bertz CT molecular complexity index is 391. The Balaban J connectivity index is 3.24. The zero-order chi connectivity index (χ0) is 13.1. The summed E-state index contributed by atoms with van der Waals surface area (Å²) in [7, 11) is 1.03. The lowest BCUT2D eigenvalue weighted by Gasteiger charge is -2.29. The van der Waals surface area contributed by atoms with Gasteiger partial charge in [0.05, 0.1) is 6.42 Å². The van der Waals surface area contributed by atoms with E-state index in [1.54, 1.807) is 6.07 Å². The molecule has 0 saturated heterocycles. The monoisotopic (exact) mass is 266 g/mol. The summed E-state index contributed by atoms with van der Waals surface area (Å²) in [5.41, 5.74) is -2.10. The zero-order valence-electron chi connectivity index (χ0n) is 8.92. The minimum atomic E-state index is -4.56. The molecule has 0 fully saturated rings. The minimum Gasteiger partial charge on any atom is -0.364 e. The van der Waals surface area contributed by atoms with E-state index in [0.29, 0.717) is 0 Å². The van der Waals surface area contributed by atoms with E-state index in [1.165, 1.54) is 24.3 Å². The molecule has 1 aromatic rings. The van der Waals surface area contributed by atoms with Gasteiger partial charge in [-0.15, -0.1) is 0 Å². The fourth-order valence-corrected chi connectivity index (χ4v) is 1.80. The molecule has 1 atom stereocenters. The van der Waals surface area contributed by atoms with E-state index in [-0.39, 0.29) is 5.56 Å². The molecule has 0 spiro atoms. The number of alkyl halides is 3. The van der Waals surface area contributed by atoms with Crippen molar-refractivity contribution in [1.82, 2.24) is 0 Å². The second kappa shape index (κ2) is 5.06. The molecule has 6 heteroatoms. The fourth-order valence-electron chi connectivity index (χ4n) is 1.54. The highest BCUT2D eigenvalue weighted by Crippen LogP contribution is 2.38. The first kappa shape index (κ1) is 14.0. The van der Waals surface area contributed by atoms with Crippen LogP contribution in [0.5, 0.6) is 0 Å². The van der Waals surface area contributed by atoms with Gasteiger partial charge in [-0.3, -0.25) is 4.79 Å². The molecule has 0 aliphatic heterocycles. The molecule has 0 amide bonds. The molecule has 17 heavy (non-hydrogen) atoms. The number of rotatable bonds is 4. The molecule has 0 radical (unpaired) electrons. The van der Waals surface area contributed by atoms with Crippen molar-refractivity contribution in [3.63, 3.8) is 0 Å². The third-order valence-corrected chi connectivity index (χ3v) is 2.66. The second-order valence-corrected chi connectivity index (χ2v) is 3.81. The molecule has 94 valence electrons. The van der Waals surface area contributed by atoms with Crippen LogP contribution in [0.2, 0.25) is 0 Å². The quantitative estimate of drug-likeness (QED) is 0.782. The molecular formula is C11H10ClF3O2. The Kier molecular flexibility index (Phi) is 4.16. The summed E-state index contributed by atoms with van der Waals surface area (Å²) < 4.78 is 42.2. The van der Waals surface area contributed by atoms with Crippen molar-refractivity contribution in [3.05, 3.63) is 35.9 Å². The average Bonchev–Trinajstić information content (AvgIpc) is 2.25. The minimum absolute atomic E-state index is 0.0832. The van der Waals surface area contributed by atoms with Gasteiger partial charge in [0.1, 0.15) is 0 Å². The summed E-state index contributed by atoms with van der Waals surface area (Å²) in [6.07, 6.45) is -6.01. The average molecular weight is 267 g/mol. The van der Waals surface area contributed by atoms with Gasteiger partial charge in [0.15, 0.2) is 5.60 Å². The van der Waals surface area contributed by atoms with Gasteiger partial charge in [-0.2, -0.15) is 13.2 Å². The van der Waals surface area contributed by atoms with E-state index in [4.69, 9.17) is 16.3 Å². The van der Waals surface area contributed by atoms with Crippen LogP contribution in [0.1, 0.15) is 12.0 Å². The summed E-state index contributed by atoms with van der Waals surface area (Å²) in [6, 6.07) is 7.39. The normalized spacial score (nSPS) is 15.4. The molecule has 0 aromatic heterocycles. The number of halogens is 4. The van der Waals surface area contributed by atoms with Gasteiger partial charge in [0.25, 0.3) is 5.24 Å². The predicted molar refractivity (Wildman–Crippen MR) is 56.7 cm³/mol. The van der Waals surface area contributed by atoms with Crippen LogP contribution >= 0.6 is 11.6 Å². The van der Waals surface area contributed by atoms with Crippen LogP contribution in [-0.4, -0.2) is 18.5 Å². The Labute approximate surface area is 101 Å². The molecule has 0 bridgehead atoms. The molecule has 1 rings (SSSR count). The molecule has 0 heterocycles. The third-order valence-electron chi connectivity index (χ3n) is 2.36. The lowest BCUT2D eigenvalue weighted by Crippen LogP contribution is -2.39. The smallest absolute Gasteiger partial charge is 0.364 e. The first-order valence-corrected chi connectivity index (χ1v) is 5.07. The van der Waals surface area contributed by atoms with E-state index in [0.717, 1.165) is 7.11 Å². The van der Waals surface area contributed by atoms with Crippen molar-refractivity contribution < 1.29 is 22.7 Å². The summed E-state index contributed by atoms with van der Waals surface area (Å²) >= 11 is 5.28. The van der Waals surface area contributed by atoms with E-state index < -0.39 is 23.4 Å². The highest BCUT2D eigenvalue weighted by Gasteiger charge is 2.48. The molecule has 0 aliphatic carbocycles. The summed E-state index contributed by atoms with van der Waals surface area (Å²) in [5.74, 6) is 0. The number of carbonyl (C=O) groups is 1. The maximum absolute atomic E-state index is 12.5. The lowest BCUT2D eigenvalue weighted by atomic mass is 9.91. The maximum Gasteiger partial charge on any atom is 0.392 e. The molecule has 1 aromatic carbocycles. The van der Waals surface area contributed by atoms with E-state index in [9.17, 15) is 18.0 Å². The number of ether oxygens (including phenoxy) is 1. The van der Waals surface area contributed by atoms with Gasteiger partial charge >= 0.3 is 6.18 Å². The van der Waals surface area contributed by atoms with Crippen molar-refractivity contribution in [2.45, 2.75) is 18.2 Å². The molecule has 0 saturated carbocycles. The van der Waals surface area contributed by atoms with E-state index in [2.05, 4.69) is 0 Å². The van der Waals surface area contributed by atoms with Gasteiger partial charge in [-0.1, -0.05) is 30.3 Å². The van der Waals surface area contributed by atoms with Gasteiger partial charge in [-0.25, -0.2) is 0 Å². The fraction of sp³-hybridized carbons (Fsp3) is 0.364. The van der Waals surface area contributed by atoms with Crippen LogP contribution < -0.4 is 0 Å². The highest BCUT2D eigenvalue weighted by atomic mass is 35.5. The molecule has 0 N–H and O–H groups in total. The van der Waals surface area contributed by atoms with Crippen molar-refractivity contribution in [2.75, 3.05) is 7.11 Å². The van der Waals surface area contributed by atoms with Crippen LogP contribution in [0.15, 0.2) is 30.3 Å². The topological polar surface area (TPSA) is 26.3 Å². The maximum atomic E-state index is 12.5. The third kappa shape index (κ3) is 3.20. The Morgan fingerprint density at radius 1 is 1.29 bits per heavy atom. The largest absolute Gasteiger partial charge is 0.392 e. The summed E-state index contributed by atoms with van der Waals surface area (Å²) in [5, 5.41) is -1.19. The van der Waals surface area contributed by atoms with Crippen LogP contribution in [0.3, 0.4) is 0 Å². The number of benzene rings is 1. The number of methoxy groups -OCH3 is 1. The van der Waals surface area contributed by atoms with Gasteiger partial charge in [0, 0.05) is 7.11 Å². The van der Waals surface area contributed by atoms with Gasteiger partial charge in [-0.05, 0) is 17.2 Å². The van der Waals surface area contributed by atoms with Crippen molar-refractivity contribution in [3.8, 4) is 0 Å². The first-order valence-electron chi connectivity index (χ1n) is 4.69. The number of hydrogen-bond donors (Lipinski definition) is 0. The lowest BCUT2D eigenvalue weighted by molar-refractivity contribution is -0.187. The Hall–Kier alpha value is -1.07.